The molecule has 0 unspecified atom stereocenters. The summed E-state index contributed by atoms with van der Waals surface area (Å²) in [4.78, 5) is 19.0. The molecule has 31 heavy (non-hydrogen) atoms. The van der Waals surface area contributed by atoms with Crippen LogP contribution in [0, 0.1) is 5.82 Å². The zero-order valence-electron chi connectivity index (χ0n) is 18.1. The van der Waals surface area contributed by atoms with Crippen molar-refractivity contribution in [2.75, 3.05) is 40.0 Å². The molecule has 0 aliphatic heterocycles. The van der Waals surface area contributed by atoms with Crippen molar-refractivity contribution in [1.29, 1.82) is 0 Å². The number of thioether (sulfide) groups is 1. The van der Waals surface area contributed by atoms with E-state index in [1.54, 1.807) is 45.1 Å². The molecule has 0 atom stereocenters. The Balaban J connectivity index is 0.00000480. The fraction of sp³-hybridized carbons (Fsp3) is 0.364. The smallest absolute Gasteiger partial charge is 0.241 e. The SMILES string of the molecule is COc1ccc(CN=C(NCCCSc2ccc(F)cc2)NCC(=O)N(C)C)cc1.I. The highest BCUT2D eigenvalue weighted by molar-refractivity contribution is 14.0. The fourth-order valence-electron chi connectivity index (χ4n) is 2.39. The van der Waals surface area contributed by atoms with Gasteiger partial charge in [0, 0.05) is 25.5 Å². The molecular weight excluding hydrogens is 530 g/mol. The Kier molecular flexibility index (Phi) is 13.0. The number of amides is 1. The molecule has 2 aromatic rings. The van der Waals surface area contributed by atoms with Gasteiger partial charge >= 0.3 is 0 Å². The van der Waals surface area contributed by atoms with Gasteiger partial charge in [0.25, 0.3) is 0 Å². The Morgan fingerprint density at radius 2 is 1.77 bits per heavy atom. The van der Waals surface area contributed by atoms with Crippen LogP contribution in [0.2, 0.25) is 0 Å². The Hall–Kier alpha value is -2.01. The van der Waals surface area contributed by atoms with Gasteiger partial charge in [-0.2, -0.15) is 0 Å². The van der Waals surface area contributed by atoms with Crippen LogP contribution in [0.15, 0.2) is 58.4 Å². The summed E-state index contributed by atoms with van der Waals surface area (Å²) in [5.41, 5.74) is 1.04. The van der Waals surface area contributed by atoms with Crippen molar-refractivity contribution in [3.05, 3.63) is 59.9 Å². The Bertz CT molecular complexity index is 817. The van der Waals surface area contributed by atoms with Crippen molar-refractivity contribution in [3.8, 4) is 5.75 Å². The minimum Gasteiger partial charge on any atom is -0.497 e. The van der Waals surface area contributed by atoms with E-state index in [-0.39, 0.29) is 42.2 Å². The number of nitrogens with one attached hydrogen (secondary N) is 2. The number of hydrogen-bond acceptors (Lipinski definition) is 4. The molecule has 0 fully saturated rings. The third kappa shape index (κ3) is 10.7. The Morgan fingerprint density at radius 1 is 1.10 bits per heavy atom. The molecule has 0 aliphatic rings. The lowest BCUT2D eigenvalue weighted by atomic mass is 10.2. The number of carbonyl (C=O) groups is 1. The van der Waals surface area contributed by atoms with Gasteiger partial charge in [0.2, 0.25) is 5.91 Å². The van der Waals surface area contributed by atoms with Crippen LogP contribution in [0.5, 0.6) is 5.75 Å². The van der Waals surface area contributed by atoms with Crippen LogP contribution in [-0.2, 0) is 11.3 Å². The number of ether oxygens (including phenoxy) is 1. The number of guanidine groups is 1. The summed E-state index contributed by atoms with van der Waals surface area (Å²) < 4.78 is 18.1. The largest absolute Gasteiger partial charge is 0.497 e. The zero-order valence-corrected chi connectivity index (χ0v) is 21.2. The van der Waals surface area contributed by atoms with E-state index in [1.807, 2.05) is 24.3 Å². The van der Waals surface area contributed by atoms with Crippen LogP contribution < -0.4 is 15.4 Å². The third-order valence-corrected chi connectivity index (χ3v) is 5.28. The molecule has 2 rings (SSSR count). The molecule has 1 amide bonds. The molecule has 0 radical (unpaired) electrons. The molecule has 170 valence electrons. The quantitative estimate of drug-likeness (QED) is 0.152. The van der Waals surface area contributed by atoms with Gasteiger partial charge in [0.1, 0.15) is 11.6 Å². The molecule has 9 heteroatoms. The second kappa shape index (κ2) is 14.9. The van der Waals surface area contributed by atoms with Crippen LogP contribution in [0.25, 0.3) is 0 Å². The third-order valence-electron chi connectivity index (χ3n) is 4.18. The molecule has 0 aliphatic carbocycles. The number of nitrogens with zero attached hydrogens (tertiary/aromatic N) is 2. The molecule has 0 bridgehead atoms. The van der Waals surface area contributed by atoms with E-state index in [0.29, 0.717) is 19.0 Å². The number of carbonyl (C=O) groups excluding carboxylic acids is 1. The summed E-state index contributed by atoms with van der Waals surface area (Å²) in [7, 11) is 5.08. The van der Waals surface area contributed by atoms with E-state index in [1.165, 1.54) is 17.0 Å². The lowest BCUT2D eigenvalue weighted by molar-refractivity contribution is -0.127. The highest BCUT2D eigenvalue weighted by Crippen LogP contribution is 2.18. The number of likely N-dealkylation sites (N-methyl/N-ethyl adjacent to an activating group) is 1. The van der Waals surface area contributed by atoms with Crippen LogP contribution in [-0.4, -0.2) is 56.8 Å². The summed E-state index contributed by atoms with van der Waals surface area (Å²) in [6.45, 7) is 1.37. The predicted octanol–water partition coefficient (Wildman–Crippen LogP) is 3.76. The fourth-order valence-corrected chi connectivity index (χ4v) is 3.25. The van der Waals surface area contributed by atoms with Crippen LogP contribution in [0.4, 0.5) is 4.39 Å². The maximum Gasteiger partial charge on any atom is 0.241 e. The van der Waals surface area contributed by atoms with Gasteiger partial charge in [-0.05, 0) is 54.1 Å². The van der Waals surface area contributed by atoms with Gasteiger partial charge in [-0.1, -0.05) is 12.1 Å². The number of methoxy groups -OCH3 is 1. The summed E-state index contributed by atoms with van der Waals surface area (Å²) in [6, 6.07) is 14.2. The Labute approximate surface area is 205 Å². The van der Waals surface area contributed by atoms with Crippen molar-refractivity contribution in [2.45, 2.75) is 17.9 Å². The number of aliphatic imine (C=N–C) groups is 1. The lowest BCUT2D eigenvalue weighted by Gasteiger charge is -2.15. The van der Waals surface area contributed by atoms with Crippen molar-refractivity contribution < 1.29 is 13.9 Å². The first-order valence-electron chi connectivity index (χ1n) is 9.71. The molecule has 0 aromatic heterocycles. The average Bonchev–Trinajstić information content (AvgIpc) is 2.76. The van der Waals surface area contributed by atoms with Gasteiger partial charge in [0.15, 0.2) is 5.96 Å². The maximum atomic E-state index is 13.0. The minimum absolute atomic E-state index is 0. The minimum atomic E-state index is -0.225. The molecule has 0 heterocycles. The van der Waals surface area contributed by atoms with Gasteiger partial charge in [-0.3, -0.25) is 4.79 Å². The van der Waals surface area contributed by atoms with Gasteiger partial charge in [-0.25, -0.2) is 9.38 Å². The van der Waals surface area contributed by atoms with Gasteiger partial charge in [-0.15, -0.1) is 35.7 Å². The highest BCUT2D eigenvalue weighted by Gasteiger charge is 2.06. The first-order chi connectivity index (χ1) is 14.5. The number of hydrogen-bond donors (Lipinski definition) is 2. The van der Waals surface area contributed by atoms with Crippen molar-refractivity contribution in [1.82, 2.24) is 15.5 Å². The van der Waals surface area contributed by atoms with E-state index in [0.717, 1.165) is 28.4 Å². The van der Waals surface area contributed by atoms with E-state index in [9.17, 15) is 9.18 Å². The summed E-state index contributed by atoms with van der Waals surface area (Å²) in [5.74, 6) is 2.03. The molecule has 0 saturated heterocycles. The standard InChI is InChI=1S/C22H29FN4O2S.HI/c1-27(2)21(28)16-26-22(25-15-17-5-9-19(29-3)10-6-17)24-13-4-14-30-20-11-7-18(23)8-12-20;/h5-12H,4,13-16H2,1-3H3,(H2,24,25,26);1H. The van der Waals surface area contributed by atoms with E-state index < -0.39 is 0 Å². The molecule has 0 spiro atoms. The molecule has 2 aromatic carbocycles. The zero-order chi connectivity index (χ0) is 21.8. The summed E-state index contributed by atoms with van der Waals surface area (Å²) >= 11 is 1.68. The van der Waals surface area contributed by atoms with Crippen molar-refractivity contribution in [2.24, 2.45) is 4.99 Å². The molecule has 2 N–H and O–H groups in total. The predicted molar refractivity (Wildman–Crippen MR) is 136 cm³/mol. The normalized spacial score (nSPS) is 10.8. The maximum absolute atomic E-state index is 13.0. The van der Waals surface area contributed by atoms with E-state index >= 15 is 0 Å². The second-order valence-electron chi connectivity index (χ2n) is 6.74. The van der Waals surface area contributed by atoms with Crippen molar-refractivity contribution >= 4 is 47.6 Å². The summed E-state index contributed by atoms with van der Waals surface area (Å²) in [6.07, 6.45) is 0.896. The highest BCUT2D eigenvalue weighted by atomic mass is 127. The molecular formula is C22H30FIN4O2S. The second-order valence-corrected chi connectivity index (χ2v) is 7.91. The first-order valence-corrected chi connectivity index (χ1v) is 10.7. The van der Waals surface area contributed by atoms with Crippen molar-refractivity contribution in [3.63, 3.8) is 0 Å². The number of benzene rings is 2. The van der Waals surface area contributed by atoms with Gasteiger partial charge < -0.3 is 20.3 Å². The monoisotopic (exact) mass is 560 g/mol. The van der Waals surface area contributed by atoms with E-state index in [2.05, 4.69) is 15.6 Å². The summed E-state index contributed by atoms with van der Waals surface area (Å²) in [5, 5.41) is 6.36. The van der Waals surface area contributed by atoms with E-state index in [4.69, 9.17) is 4.74 Å². The Morgan fingerprint density at radius 3 is 2.39 bits per heavy atom. The molecule has 6 nitrogen and oxygen atoms in total. The number of halogens is 2. The van der Waals surface area contributed by atoms with Crippen LogP contribution >= 0.6 is 35.7 Å². The molecule has 0 saturated carbocycles. The van der Waals surface area contributed by atoms with Gasteiger partial charge in [0.05, 0.1) is 20.2 Å². The van der Waals surface area contributed by atoms with Crippen LogP contribution in [0.3, 0.4) is 0 Å². The number of rotatable bonds is 10. The van der Waals surface area contributed by atoms with Crippen LogP contribution in [0.1, 0.15) is 12.0 Å². The lowest BCUT2D eigenvalue weighted by Crippen LogP contribution is -2.43. The first kappa shape index (κ1) is 27.0. The average molecular weight is 560 g/mol. The topological polar surface area (TPSA) is 66.0 Å².